The van der Waals surface area contributed by atoms with Gasteiger partial charge in [0.05, 0.1) is 16.0 Å². The summed E-state index contributed by atoms with van der Waals surface area (Å²) in [5.74, 6) is -1.23. The van der Waals surface area contributed by atoms with Crippen molar-refractivity contribution in [3.63, 3.8) is 0 Å². The lowest BCUT2D eigenvalue weighted by molar-refractivity contribution is -0.384. The van der Waals surface area contributed by atoms with E-state index in [-0.39, 0.29) is 17.0 Å². The molecular weight excluding hydrogens is 304 g/mol. The topological polar surface area (TPSA) is 131 Å². The fourth-order valence-corrected chi connectivity index (χ4v) is 2.38. The normalized spacial score (nSPS) is 10.8. The third-order valence-corrected chi connectivity index (χ3v) is 3.38. The number of rotatable bonds is 3. The summed E-state index contributed by atoms with van der Waals surface area (Å²) >= 11 is 0. The second kappa shape index (κ2) is 5.05. The Morgan fingerprint density at radius 2 is 2.00 bits per heavy atom. The van der Waals surface area contributed by atoms with Gasteiger partial charge < -0.3 is 10.1 Å². The Balaban J connectivity index is 2.31. The molecule has 2 heterocycles. The van der Waals surface area contributed by atoms with Crippen molar-refractivity contribution in [1.29, 1.82) is 0 Å². The third-order valence-electron chi connectivity index (χ3n) is 3.38. The molecule has 0 saturated heterocycles. The van der Waals surface area contributed by atoms with Gasteiger partial charge in [-0.25, -0.2) is 9.48 Å². The fourth-order valence-electron chi connectivity index (χ4n) is 2.38. The Morgan fingerprint density at radius 1 is 1.35 bits per heavy atom. The summed E-state index contributed by atoms with van der Waals surface area (Å²) < 4.78 is 1.25. The van der Waals surface area contributed by atoms with E-state index in [1.54, 1.807) is 6.92 Å². The van der Waals surface area contributed by atoms with Crippen LogP contribution in [-0.2, 0) is 0 Å². The number of nitro benzene ring substituents is 1. The molecule has 23 heavy (non-hydrogen) atoms. The third kappa shape index (κ3) is 2.33. The molecule has 2 N–H and O–H groups in total. The smallest absolute Gasteiger partial charge is 0.357 e. The first-order valence-electron chi connectivity index (χ1n) is 6.49. The number of aromatic amines is 1. The molecule has 0 aliphatic rings. The molecule has 0 atom stereocenters. The molecule has 1 aromatic carbocycles. The minimum absolute atomic E-state index is 0.103. The molecule has 116 valence electrons. The van der Waals surface area contributed by atoms with Gasteiger partial charge in [0.1, 0.15) is 5.65 Å². The Bertz CT molecular complexity index is 1000. The van der Waals surface area contributed by atoms with Gasteiger partial charge in [0.2, 0.25) is 5.56 Å². The fraction of sp³-hybridized carbons (Fsp3) is 0.0714. The average Bonchev–Trinajstić information content (AvgIpc) is 2.87. The Hall–Kier alpha value is -3.49. The predicted molar refractivity (Wildman–Crippen MR) is 80.0 cm³/mol. The van der Waals surface area contributed by atoms with Crippen molar-refractivity contribution < 1.29 is 14.8 Å². The summed E-state index contributed by atoms with van der Waals surface area (Å²) in [6.45, 7) is 1.62. The van der Waals surface area contributed by atoms with Crippen molar-refractivity contribution in [3.05, 3.63) is 62.1 Å². The van der Waals surface area contributed by atoms with Crippen molar-refractivity contribution in [3.8, 4) is 5.69 Å². The van der Waals surface area contributed by atoms with E-state index in [1.807, 2.05) is 0 Å². The number of benzene rings is 1. The number of carbonyl (C=O) groups is 1. The maximum absolute atomic E-state index is 11.7. The van der Waals surface area contributed by atoms with E-state index in [0.717, 1.165) is 0 Å². The molecule has 0 unspecified atom stereocenters. The minimum atomic E-state index is -1.23. The van der Waals surface area contributed by atoms with Crippen LogP contribution in [0.5, 0.6) is 0 Å². The molecule has 0 aliphatic heterocycles. The summed E-state index contributed by atoms with van der Waals surface area (Å²) in [5.41, 5.74) is 0.403. The van der Waals surface area contributed by atoms with Crippen molar-refractivity contribution in [2.75, 3.05) is 0 Å². The largest absolute Gasteiger partial charge is 0.476 e. The van der Waals surface area contributed by atoms with Crippen LogP contribution >= 0.6 is 0 Å². The van der Waals surface area contributed by atoms with E-state index in [1.165, 1.54) is 35.0 Å². The van der Waals surface area contributed by atoms with Crippen LogP contribution in [0.4, 0.5) is 5.69 Å². The number of aromatic nitrogens is 3. The highest BCUT2D eigenvalue weighted by molar-refractivity contribution is 6.01. The van der Waals surface area contributed by atoms with Crippen molar-refractivity contribution >= 4 is 22.7 Å². The molecule has 0 aliphatic carbocycles. The zero-order valence-corrected chi connectivity index (χ0v) is 11.8. The number of non-ortho nitro benzene ring substituents is 1. The van der Waals surface area contributed by atoms with Crippen LogP contribution in [0.3, 0.4) is 0 Å². The minimum Gasteiger partial charge on any atom is -0.476 e. The quantitative estimate of drug-likeness (QED) is 0.558. The SMILES string of the molecule is Cc1cc(=O)[nH]c2c1c(C(=O)O)nn2-c1ccc([N+](=O)[O-])cc1. The van der Waals surface area contributed by atoms with Crippen LogP contribution in [0.15, 0.2) is 35.1 Å². The van der Waals surface area contributed by atoms with Crippen LogP contribution in [0, 0.1) is 17.0 Å². The van der Waals surface area contributed by atoms with E-state index >= 15 is 0 Å². The number of H-pyrrole nitrogens is 1. The van der Waals surface area contributed by atoms with Crippen molar-refractivity contribution in [1.82, 2.24) is 14.8 Å². The Morgan fingerprint density at radius 3 is 2.57 bits per heavy atom. The molecule has 0 bridgehead atoms. The molecule has 0 fully saturated rings. The van der Waals surface area contributed by atoms with Gasteiger partial charge in [-0.3, -0.25) is 14.9 Å². The van der Waals surface area contributed by atoms with Crippen LogP contribution in [-0.4, -0.2) is 30.8 Å². The molecule has 9 heteroatoms. The maximum Gasteiger partial charge on any atom is 0.357 e. The van der Waals surface area contributed by atoms with Gasteiger partial charge in [-0.1, -0.05) is 0 Å². The van der Waals surface area contributed by atoms with Gasteiger partial charge in [0.25, 0.3) is 5.69 Å². The molecule has 0 saturated carbocycles. The lowest BCUT2D eigenvalue weighted by atomic mass is 10.1. The van der Waals surface area contributed by atoms with Crippen LogP contribution < -0.4 is 5.56 Å². The summed E-state index contributed by atoms with van der Waals surface area (Å²) in [6.07, 6.45) is 0. The van der Waals surface area contributed by atoms with E-state index in [0.29, 0.717) is 16.6 Å². The van der Waals surface area contributed by atoms with Crippen molar-refractivity contribution in [2.45, 2.75) is 6.92 Å². The molecule has 3 rings (SSSR count). The van der Waals surface area contributed by atoms with Gasteiger partial charge in [-0.15, -0.1) is 0 Å². The number of aryl methyl sites for hydroxylation is 1. The monoisotopic (exact) mass is 314 g/mol. The molecule has 0 spiro atoms. The molecule has 3 aromatic rings. The van der Waals surface area contributed by atoms with E-state index < -0.39 is 16.5 Å². The molecule has 0 amide bonds. The number of carboxylic acids is 1. The summed E-state index contributed by atoms with van der Waals surface area (Å²) in [4.78, 5) is 35.8. The number of aromatic carboxylic acids is 1. The highest BCUT2D eigenvalue weighted by Gasteiger charge is 2.20. The lowest BCUT2D eigenvalue weighted by Gasteiger charge is -2.03. The number of nitro groups is 1. The number of hydrogen-bond acceptors (Lipinski definition) is 5. The first-order valence-corrected chi connectivity index (χ1v) is 6.49. The highest BCUT2D eigenvalue weighted by atomic mass is 16.6. The van der Waals surface area contributed by atoms with Gasteiger partial charge in [0.15, 0.2) is 5.69 Å². The Labute approximate surface area is 127 Å². The number of pyridine rings is 1. The van der Waals surface area contributed by atoms with Crippen LogP contribution in [0.2, 0.25) is 0 Å². The molecule has 0 radical (unpaired) electrons. The van der Waals surface area contributed by atoms with Gasteiger partial charge in [-0.2, -0.15) is 5.10 Å². The van der Waals surface area contributed by atoms with E-state index in [9.17, 15) is 24.8 Å². The first kappa shape index (κ1) is 14.4. The maximum atomic E-state index is 11.7. The number of fused-ring (bicyclic) bond motifs is 1. The number of hydrogen-bond donors (Lipinski definition) is 2. The zero-order chi connectivity index (χ0) is 16.7. The predicted octanol–water partition coefficient (Wildman–Crippen LogP) is 1.63. The summed E-state index contributed by atoms with van der Waals surface area (Å²) in [5, 5.41) is 24.3. The van der Waals surface area contributed by atoms with Gasteiger partial charge in [0, 0.05) is 18.2 Å². The molecule has 9 nitrogen and oxygen atoms in total. The van der Waals surface area contributed by atoms with Gasteiger partial charge >= 0.3 is 5.97 Å². The molecular formula is C14H10N4O5. The average molecular weight is 314 g/mol. The zero-order valence-electron chi connectivity index (χ0n) is 11.8. The van der Waals surface area contributed by atoms with Gasteiger partial charge in [-0.05, 0) is 24.6 Å². The first-order chi connectivity index (χ1) is 10.9. The number of nitrogens with one attached hydrogen (secondary N) is 1. The summed E-state index contributed by atoms with van der Waals surface area (Å²) in [7, 11) is 0. The van der Waals surface area contributed by atoms with E-state index in [4.69, 9.17) is 0 Å². The Kier molecular flexibility index (Phi) is 3.17. The number of carboxylic acid groups (broad SMARTS) is 1. The van der Waals surface area contributed by atoms with Crippen molar-refractivity contribution in [2.24, 2.45) is 0 Å². The lowest BCUT2D eigenvalue weighted by Crippen LogP contribution is -2.07. The number of nitrogens with zero attached hydrogens (tertiary/aromatic N) is 3. The molecule has 2 aromatic heterocycles. The second-order valence-corrected chi connectivity index (χ2v) is 4.88. The standard InChI is InChI=1S/C14H10N4O5/c1-7-6-10(19)15-13-11(7)12(14(20)21)16-17(13)8-2-4-9(5-3-8)18(22)23/h2-6H,1H3,(H,15,19)(H,20,21). The summed E-state index contributed by atoms with van der Waals surface area (Å²) in [6, 6.07) is 6.69. The van der Waals surface area contributed by atoms with E-state index in [2.05, 4.69) is 10.1 Å². The van der Waals surface area contributed by atoms with Crippen LogP contribution in [0.25, 0.3) is 16.7 Å². The highest BCUT2D eigenvalue weighted by Crippen LogP contribution is 2.23. The van der Waals surface area contributed by atoms with Crippen LogP contribution in [0.1, 0.15) is 16.1 Å². The second-order valence-electron chi connectivity index (χ2n) is 4.88.